The number of carbonyl (C=O) groups is 2. The van der Waals surface area contributed by atoms with Gasteiger partial charge in [-0.05, 0) is 30.7 Å². The average Bonchev–Trinajstić information content (AvgIpc) is 2.41. The van der Waals surface area contributed by atoms with Crippen molar-refractivity contribution in [2.24, 2.45) is 5.73 Å². The first-order valence-electron chi connectivity index (χ1n) is 5.92. The van der Waals surface area contributed by atoms with E-state index in [-0.39, 0.29) is 11.3 Å². The molecule has 2 aromatic rings. The fraction of sp³-hybridized carbons (Fsp3) is 0.0667. The molecule has 1 amide bonds. The van der Waals surface area contributed by atoms with Crippen molar-refractivity contribution in [3.63, 3.8) is 0 Å². The van der Waals surface area contributed by atoms with Crippen LogP contribution in [0.2, 0.25) is 0 Å². The quantitative estimate of drug-likeness (QED) is 0.687. The Bertz CT molecular complexity index is 652. The summed E-state index contributed by atoms with van der Waals surface area (Å²) in [6.45, 7) is 1.83. The van der Waals surface area contributed by atoms with Gasteiger partial charge in [0, 0.05) is 0 Å². The van der Waals surface area contributed by atoms with Gasteiger partial charge in [-0.25, -0.2) is 9.59 Å². The molecular formula is C15H13NO4. The number of rotatable bonds is 3. The average molecular weight is 271 g/mol. The Morgan fingerprint density at radius 2 is 1.50 bits per heavy atom. The van der Waals surface area contributed by atoms with Gasteiger partial charge in [0.15, 0.2) is 0 Å². The summed E-state index contributed by atoms with van der Waals surface area (Å²) in [5, 5.41) is 0. The van der Waals surface area contributed by atoms with Crippen molar-refractivity contribution in [3.8, 4) is 11.5 Å². The van der Waals surface area contributed by atoms with Gasteiger partial charge in [0.05, 0.1) is 0 Å². The molecule has 0 spiro atoms. The molecule has 0 aliphatic rings. The molecule has 5 heteroatoms. The third kappa shape index (κ3) is 3.14. The predicted octanol–water partition coefficient (Wildman–Crippen LogP) is 2.67. The number of esters is 1. The van der Waals surface area contributed by atoms with Crippen LogP contribution >= 0.6 is 0 Å². The molecule has 0 aliphatic carbocycles. The van der Waals surface area contributed by atoms with E-state index in [4.69, 9.17) is 15.2 Å². The van der Waals surface area contributed by atoms with Gasteiger partial charge in [-0.1, -0.05) is 30.3 Å². The Balaban J connectivity index is 2.26. The third-order valence-corrected chi connectivity index (χ3v) is 2.61. The van der Waals surface area contributed by atoms with Gasteiger partial charge in [-0.15, -0.1) is 0 Å². The van der Waals surface area contributed by atoms with Gasteiger partial charge in [0.25, 0.3) is 0 Å². The lowest BCUT2D eigenvalue weighted by molar-refractivity contribution is 0.0731. The molecular weight excluding hydrogens is 258 g/mol. The molecule has 5 nitrogen and oxygen atoms in total. The van der Waals surface area contributed by atoms with E-state index in [0.717, 1.165) is 5.56 Å². The fourth-order valence-electron chi connectivity index (χ4n) is 1.66. The highest BCUT2D eigenvalue weighted by molar-refractivity contribution is 5.94. The van der Waals surface area contributed by atoms with Crippen LogP contribution in [-0.2, 0) is 0 Å². The lowest BCUT2D eigenvalue weighted by atomic mass is 10.2. The maximum atomic E-state index is 12.1. The molecule has 0 heterocycles. The third-order valence-electron chi connectivity index (χ3n) is 2.61. The summed E-state index contributed by atoms with van der Waals surface area (Å²) in [6.07, 6.45) is -0.985. The molecule has 0 saturated heterocycles. The molecule has 0 unspecified atom stereocenters. The Morgan fingerprint density at radius 1 is 0.900 bits per heavy atom. The topological polar surface area (TPSA) is 78.6 Å². The maximum absolute atomic E-state index is 12.1. The van der Waals surface area contributed by atoms with Crippen LogP contribution in [0.3, 0.4) is 0 Å². The molecule has 0 fully saturated rings. The second kappa shape index (κ2) is 5.88. The Kier molecular flexibility index (Phi) is 4.00. The Morgan fingerprint density at radius 3 is 2.15 bits per heavy atom. The maximum Gasteiger partial charge on any atom is 0.409 e. The normalized spacial score (nSPS) is 9.85. The van der Waals surface area contributed by atoms with Crippen LogP contribution in [0.25, 0.3) is 0 Å². The number of carbonyl (C=O) groups excluding carboxylic acids is 2. The molecule has 0 aromatic heterocycles. The SMILES string of the molecule is Cc1ccccc1OC(=O)c1ccccc1OC(N)=O. The molecule has 0 saturated carbocycles. The number of primary amides is 1. The van der Waals surface area contributed by atoms with E-state index < -0.39 is 12.1 Å². The van der Waals surface area contributed by atoms with E-state index in [0.29, 0.717) is 5.75 Å². The van der Waals surface area contributed by atoms with Crippen LogP contribution in [0, 0.1) is 6.92 Å². The number of benzene rings is 2. The minimum absolute atomic E-state index is 0.0681. The van der Waals surface area contributed by atoms with Crippen molar-refractivity contribution in [2.75, 3.05) is 0 Å². The first-order chi connectivity index (χ1) is 9.58. The Hall–Kier alpha value is -2.82. The summed E-state index contributed by atoms with van der Waals surface area (Å²) in [5.74, 6) is -0.0962. The summed E-state index contributed by atoms with van der Waals surface area (Å²) >= 11 is 0. The van der Waals surface area contributed by atoms with Crippen LogP contribution in [0.1, 0.15) is 15.9 Å². The zero-order valence-corrected chi connectivity index (χ0v) is 10.8. The molecule has 0 bridgehead atoms. The van der Waals surface area contributed by atoms with Gasteiger partial charge in [-0.2, -0.15) is 0 Å². The van der Waals surface area contributed by atoms with Crippen molar-refractivity contribution in [3.05, 3.63) is 59.7 Å². The van der Waals surface area contributed by atoms with Crippen molar-refractivity contribution in [1.82, 2.24) is 0 Å². The van der Waals surface area contributed by atoms with Crippen LogP contribution in [0.5, 0.6) is 11.5 Å². The number of nitrogens with two attached hydrogens (primary N) is 1. The van der Waals surface area contributed by atoms with Gasteiger partial charge in [0.1, 0.15) is 17.1 Å². The van der Waals surface area contributed by atoms with Crippen LogP contribution in [0.4, 0.5) is 4.79 Å². The number of aryl methyl sites for hydroxylation is 1. The van der Waals surface area contributed by atoms with Crippen molar-refractivity contribution >= 4 is 12.1 Å². The second-order valence-corrected chi connectivity index (χ2v) is 4.07. The van der Waals surface area contributed by atoms with Gasteiger partial charge in [0.2, 0.25) is 0 Å². The van der Waals surface area contributed by atoms with Crippen LogP contribution in [0.15, 0.2) is 48.5 Å². The number of hydrogen-bond donors (Lipinski definition) is 1. The van der Waals surface area contributed by atoms with E-state index in [1.54, 1.807) is 24.3 Å². The summed E-state index contributed by atoms with van der Waals surface area (Å²) < 4.78 is 10.1. The summed E-state index contributed by atoms with van der Waals surface area (Å²) in [5.41, 5.74) is 5.92. The monoisotopic (exact) mass is 271 g/mol. The predicted molar refractivity (Wildman–Crippen MR) is 72.8 cm³/mol. The lowest BCUT2D eigenvalue weighted by Gasteiger charge is -2.09. The van der Waals surface area contributed by atoms with E-state index in [1.807, 2.05) is 19.1 Å². The largest absolute Gasteiger partial charge is 0.423 e. The standard InChI is InChI=1S/C15H13NO4/c1-10-6-2-4-8-12(10)19-14(17)11-7-3-5-9-13(11)20-15(16)18/h2-9H,1H3,(H2,16,18). The number of ether oxygens (including phenoxy) is 2. The Labute approximate surface area is 115 Å². The fourth-order valence-corrected chi connectivity index (χ4v) is 1.66. The molecule has 20 heavy (non-hydrogen) atoms. The van der Waals surface area contributed by atoms with Crippen LogP contribution in [-0.4, -0.2) is 12.1 Å². The number of hydrogen-bond acceptors (Lipinski definition) is 4. The summed E-state index contributed by atoms with van der Waals surface area (Å²) in [7, 11) is 0. The smallest absolute Gasteiger partial charge is 0.409 e. The number of para-hydroxylation sites is 2. The minimum Gasteiger partial charge on any atom is -0.423 e. The van der Waals surface area contributed by atoms with Gasteiger partial charge in [-0.3, -0.25) is 0 Å². The second-order valence-electron chi connectivity index (χ2n) is 4.07. The highest BCUT2D eigenvalue weighted by Gasteiger charge is 2.16. The van der Waals surface area contributed by atoms with Crippen molar-refractivity contribution in [2.45, 2.75) is 6.92 Å². The molecule has 2 rings (SSSR count). The van der Waals surface area contributed by atoms with E-state index in [1.165, 1.54) is 12.1 Å². The summed E-state index contributed by atoms with van der Waals surface area (Å²) in [6, 6.07) is 13.4. The van der Waals surface area contributed by atoms with Gasteiger partial charge >= 0.3 is 12.1 Å². The summed E-state index contributed by atoms with van der Waals surface area (Å²) in [4.78, 5) is 22.9. The highest BCUT2D eigenvalue weighted by atomic mass is 16.6. The lowest BCUT2D eigenvalue weighted by Crippen LogP contribution is -2.19. The molecule has 0 aliphatic heterocycles. The molecule has 0 radical (unpaired) electrons. The number of amides is 1. The molecule has 2 N–H and O–H groups in total. The zero-order valence-electron chi connectivity index (χ0n) is 10.8. The van der Waals surface area contributed by atoms with Crippen molar-refractivity contribution < 1.29 is 19.1 Å². The van der Waals surface area contributed by atoms with Gasteiger partial charge < -0.3 is 15.2 Å². The molecule has 0 atom stereocenters. The molecule has 102 valence electrons. The van der Waals surface area contributed by atoms with E-state index in [2.05, 4.69) is 0 Å². The molecule has 2 aromatic carbocycles. The van der Waals surface area contributed by atoms with E-state index >= 15 is 0 Å². The van der Waals surface area contributed by atoms with Crippen LogP contribution < -0.4 is 15.2 Å². The first kappa shape index (κ1) is 13.6. The highest BCUT2D eigenvalue weighted by Crippen LogP contribution is 2.22. The first-order valence-corrected chi connectivity index (χ1v) is 5.92. The van der Waals surface area contributed by atoms with Crippen molar-refractivity contribution in [1.29, 1.82) is 0 Å². The zero-order chi connectivity index (χ0) is 14.5. The van der Waals surface area contributed by atoms with E-state index in [9.17, 15) is 9.59 Å². The minimum atomic E-state index is -0.985.